The highest BCUT2D eigenvalue weighted by atomic mass is 16.5. The molecule has 0 aliphatic carbocycles. The second kappa shape index (κ2) is 7.74. The van der Waals surface area contributed by atoms with E-state index in [-0.39, 0.29) is 12.0 Å². The number of nitrogens with zero attached hydrogens (tertiary/aromatic N) is 2. The topological polar surface area (TPSA) is 53.3 Å². The Morgan fingerprint density at radius 1 is 1.18 bits per heavy atom. The standard InChI is InChI=1S/C24H22N2O2/c1-2-28-24(27)14-21-13-19-11-10-17(15-25)12-23(19)26(21)16-20-8-5-7-18-6-3-4-9-22(18)20/h3-12,21H,2,13-14,16H2,1H3. The van der Waals surface area contributed by atoms with Crippen molar-refractivity contribution in [1.82, 2.24) is 0 Å². The monoisotopic (exact) mass is 370 g/mol. The van der Waals surface area contributed by atoms with E-state index in [1.165, 1.54) is 21.9 Å². The van der Waals surface area contributed by atoms with Crippen LogP contribution < -0.4 is 4.90 Å². The first-order valence-corrected chi connectivity index (χ1v) is 9.61. The minimum Gasteiger partial charge on any atom is -0.466 e. The summed E-state index contributed by atoms with van der Waals surface area (Å²) in [4.78, 5) is 14.4. The number of hydrogen-bond acceptors (Lipinski definition) is 4. The molecule has 1 aliphatic rings. The molecule has 0 N–H and O–H groups in total. The van der Waals surface area contributed by atoms with Gasteiger partial charge < -0.3 is 9.64 Å². The number of rotatable bonds is 5. The number of nitriles is 1. The lowest BCUT2D eigenvalue weighted by Crippen LogP contribution is -2.34. The smallest absolute Gasteiger partial charge is 0.307 e. The van der Waals surface area contributed by atoms with Crippen molar-refractivity contribution in [3.63, 3.8) is 0 Å². The summed E-state index contributed by atoms with van der Waals surface area (Å²) >= 11 is 0. The van der Waals surface area contributed by atoms with E-state index < -0.39 is 0 Å². The first-order valence-electron chi connectivity index (χ1n) is 9.61. The first kappa shape index (κ1) is 18.1. The number of ether oxygens (including phenoxy) is 1. The number of benzene rings is 3. The summed E-state index contributed by atoms with van der Waals surface area (Å²) in [5, 5.41) is 11.7. The van der Waals surface area contributed by atoms with Gasteiger partial charge in [-0.1, -0.05) is 48.5 Å². The summed E-state index contributed by atoms with van der Waals surface area (Å²) < 4.78 is 5.20. The highest BCUT2D eigenvalue weighted by Gasteiger charge is 2.31. The van der Waals surface area contributed by atoms with Crippen LogP contribution in [-0.4, -0.2) is 18.6 Å². The van der Waals surface area contributed by atoms with Gasteiger partial charge in [0.15, 0.2) is 0 Å². The van der Waals surface area contributed by atoms with Crippen LogP contribution >= 0.6 is 0 Å². The first-order chi connectivity index (χ1) is 13.7. The molecule has 28 heavy (non-hydrogen) atoms. The number of esters is 1. The number of anilines is 1. The van der Waals surface area contributed by atoms with Crippen LogP contribution in [-0.2, 0) is 22.5 Å². The minimum atomic E-state index is -0.177. The SMILES string of the molecule is CCOC(=O)CC1Cc2ccc(C#N)cc2N1Cc1cccc2ccccc12. The Kier molecular flexibility index (Phi) is 4.99. The van der Waals surface area contributed by atoms with Crippen LogP contribution in [0.2, 0.25) is 0 Å². The Bertz CT molecular complexity index is 1060. The van der Waals surface area contributed by atoms with Gasteiger partial charge in [0.2, 0.25) is 0 Å². The van der Waals surface area contributed by atoms with Crippen LogP contribution in [0.25, 0.3) is 10.8 Å². The maximum Gasteiger partial charge on any atom is 0.307 e. The molecule has 140 valence electrons. The lowest BCUT2D eigenvalue weighted by Gasteiger charge is -2.28. The lowest BCUT2D eigenvalue weighted by atomic mass is 10.0. The normalized spacial score (nSPS) is 15.3. The van der Waals surface area contributed by atoms with E-state index in [1.54, 1.807) is 0 Å². The summed E-state index contributed by atoms with van der Waals surface area (Å²) in [5.41, 5.74) is 4.07. The Balaban J connectivity index is 1.72. The molecule has 1 unspecified atom stereocenters. The van der Waals surface area contributed by atoms with Crippen molar-refractivity contribution in [1.29, 1.82) is 5.26 Å². The van der Waals surface area contributed by atoms with E-state index in [4.69, 9.17) is 4.74 Å². The average molecular weight is 370 g/mol. The molecule has 0 spiro atoms. The molecule has 0 fully saturated rings. The molecular weight excluding hydrogens is 348 g/mol. The van der Waals surface area contributed by atoms with Gasteiger partial charge in [0.05, 0.1) is 24.7 Å². The van der Waals surface area contributed by atoms with Crippen molar-refractivity contribution in [2.45, 2.75) is 32.4 Å². The van der Waals surface area contributed by atoms with Crippen molar-refractivity contribution >= 4 is 22.4 Å². The zero-order chi connectivity index (χ0) is 19.5. The second-order valence-electron chi connectivity index (χ2n) is 7.09. The van der Waals surface area contributed by atoms with Crippen molar-refractivity contribution < 1.29 is 9.53 Å². The summed E-state index contributed by atoms with van der Waals surface area (Å²) in [6.45, 7) is 2.90. The molecule has 1 heterocycles. The third-order valence-electron chi connectivity index (χ3n) is 5.35. The summed E-state index contributed by atoms with van der Waals surface area (Å²) in [6, 6.07) is 22.7. The fraction of sp³-hybridized carbons (Fsp3) is 0.250. The van der Waals surface area contributed by atoms with Gasteiger partial charge in [-0.05, 0) is 47.4 Å². The Morgan fingerprint density at radius 3 is 2.82 bits per heavy atom. The molecule has 0 amide bonds. The summed E-state index contributed by atoms with van der Waals surface area (Å²) in [6.07, 6.45) is 1.12. The molecule has 4 nitrogen and oxygen atoms in total. The van der Waals surface area contributed by atoms with Crippen molar-refractivity contribution in [3.05, 3.63) is 77.4 Å². The van der Waals surface area contributed by atoms with E-state index in [1.807, 2.05) is 37.3 Å². The third-order valence-corrected chi connectivity index (χ3v) is 5.35. The molecule has 3 aromatic rings. The molecule has 0 radical (unpaired) electrons. The maximum atomic E-state index is 12.2. The lowest BCUT2D eigenvalue weighted by molar-refractivity contribution is -0.143. The van der Waals surface area contributed by atoms with Crippen LogP contribution in [0, 0.1) is 11.3 Å². The average Bonchev–Trinajstić information content (AvgIpc) is 3.04. The largest absolute Gasteiger partial charge is 0.466 e. The van der Waals surface area contributed by atoms with E-state index in [2.05, 4.69) is 41.3 Å². The molecular formula is C24H22N2O2. The molecule has 0 saturated carbocycles. The van der Waals surface area contributed by atoms with Gasteiger partial charge in [-0.2, -0.15) is 5.26 Å². The molecule has 0 bridgehead atoms. The van der Waals surface area contributed by atoms with E-state index >= 15 is 0 Å². The van der Waals surface area contributed by atoms with Gasteiger partial charge in [-0.25, -0.2) is 0 Å². The number of carbonyl (C=O) groups excluding carboxylic acids is 1. The van der Waals surface area contributed by atoms with Crippen molar-refractivity contribution in [3.8, 4) is 6.07 Å². The van der Waals surface area contributed by atoms with Gasteiger partial charge in [0.1, 0.15) is 0 Å². The fourth-order valence-electron chi connectivity index (χ4n) is 4.06. The van der Waals surface area contributed by atoms with Crippen LogP contribution in [0.15, 0.2) is 60.7 Å². The van der Waals surface area contributed by atoms with Gasteiger partial charge in [0.25, 0.3) is 0 Å². The highest BCUT2D eigenvalue weighted by molar-refractivity contribution is 5.86. The summed E-state index contributed by atoms with van der Waals surface area (Å²) in [7, 11) is 0. The maximum absolute atomic E-state index is 12.2. The number of carbonyl (C=O) groups is 1. The zero-order valence-electron chi connectivity index (χ0n) is 15.9. The number of fused-ring (bicyclic) bond motifs is 2. The van der Waals surface area contributed by atoms with E-state index in [0.717, 1.165) is 12.1 Å². The quantitative estimate of drug-likeness (QED) is 0.616. The fourth-order valence-corrected chi connectivity index (χ4v) is 4.06. The Morgan fingerprint density at radius 2 is 2.00 bits per heavy atom. The Labute approximate surface area is 165 Å². The molecule has 3 aromatic carbocycles. The van der Waals surface area contributed by atoms with Crippen LogP contribution in [0.1, 0.15) is 30.0 Å². The van der Waals surface area contributed by atoms with Gasteiger partial charge in [0, 0.05) is 18.3 Å². The third kappa shape index (κ3) is 3.44. The van der Waals surface area contributed by atoms with Crippen molar-refractivity contribution in [2.75, 3.05) is 11.5 Å². The predicted octanol–water partition coefficient (Wildman–Crippen LogP) is 4.60. The highest BCUT2D eigenvalue weighted by Crippen LogP contribution is 2.36. The molecule has 1 aliphatic heterocycles. The molecule has 4 heteroatoms. The minimum absolute atomic E-state index is 0.0296. The zero-order valence-corrected chi connectivity index (χ0v) is 15.9. The molecule has 0 saturated heterocycles. The molecule has 1 atom stereocenters. The van der Waals surface area contributed by atoms with Crippen molar-refractivity contribution in [2.24, 2.45) is 0 Å². The Hall–Kier alpha value is -3.32. The molecule has 4 rings (SSSR count). The second-order valence-corrected chi connectivity index (χ2v) is 7.09. The van der Waals surface area contributed by atoms with Gasteiger partial charge in [-0.3, -0.25) is 4.79 Å². The molecule has 0 aromatic heterocycles. The number of hydrogen-bond donors (Lipinski definition) is 0. The van der Waals surface area contributed by atoms with Crippen LogP contribution in [0.4, 0.5) is 5.69 Å². The summed E-state index contributed by atoms with van der Waals surface area (Å²) in [5.74, 6) is -0.177. The van der Waals surface area contributed by atoms with E-state index in [0.29, 0.717) is 25.1 Å². The predicted molar refractivity (Wildman–Crippen MR) is 110 cm³/mol. The van der Waals surface area contributed by atoms with E-state index in [9.17, 15) is 10.1 Å². The van der Waals surface area contributed by atoms with Gasteiger partial charge in [-0.15, -0.1) is 0 Å². The van der Waals surface area contributed by atoms with Crippen LogP contribution in [0.5, 0.6) is 0 Å². The van der Waals surface area contributed by atoms with Gasteiger partial charge >= 0.3 is 5.97 Å². The van der Waals surface area contributed by atoms with Crippen LogP contribution in [0.3, 0.4) is 0 Å².